The number of anilines is 1. The first kappa shape index (κ1) is 11.8. The predicted molar refractivity (Wildman–Crippen MR) is 68.2 cm³/mol. The molecule has 1 saturated heterocycles. The first-order valence-corrected chi connectivity index (χ1v) is 6.02. The number of pyridine rings is 1. The Bertz CT molecular complexity index is 657. The van der Waals surface area contributed by atoms with Gasteiger partial charge in [-0.3, -0.25) is 0 Å². The second-order valence-corrected chi connectivity index (χ2v) is 4.66. The molecule has 0 aliphatic carbocycles. The predicted octanol–water partition coefficient (Wildman–Crippen LogP) is 2.81. The van der Waals surface area contributed by atoms with Gasteiger partial charge in [0, 0.05) is 18.5 Å². The summed E-state index contributed by atoms with van der Waals surface area (Å²) >= 11 is 0. The third-order valence-electron chi connectivity index (χ3n) is 3.39. The van der Waals surface area contributed by atoms with Crippen molar-refractivity contribution in [3.05, 3.63) is 35.9 Å². The number of fused-ring (bicyclic) bond motifs is 1. The minimum absolute atomic E-state index is 0.262. The number of halogens is 2. The summed E-state index contributed by atoms with van der Waals surface area (Å²) in [5.74, 6) is -0.0992. The van der Waals surface area contributed by atoms with Gasteiger partial charge in [-0.2, -0.15) is 5.26 Å². The second-order valence-electron chi connectivity index (χ2n) is 4.66. The van der Waals surface area contributed by atoms with E-state index in [4.69, 9.17) is 5.26 Å². The van der Waals surface area contributed by atoms with Crippen molar-refractivity contribution >= 4 is 16.7 Å². The Balaban J connectivity index is 1.97. The number of para-hydroxylation sites is 1. The molecule has 0 amide bonds. The van der Waals surface area contributed by atoms with E-state index in [1.807, 2.05) is 24.3 Å². The van der Waals surface area contributed by atoms with Crippen molar-refractivity contribution in [2.75, 3.05) is 18.0 Å². The third-order valence-corrected chi connectivity index (χ3v) is 3.39. The highest BCUT2D eigenvalue weighted by Gasteiger charge is 2.35. The molecular formula is C14H11F2N3. The van der Waals surface area contributed by atoms with Crippen LogP contribution in [-0.2, 0) is 0 Å². The van der Waals surface area contributed by atoms with Crippen molar-refractivity contribution in [1.29, 1.82) is 5.26 Å². The molecule has 0 spiro atoms. The lowest BCUT2D eigenvalue weighted by molar-refractivity contribution is 0.0611. The zero-order valence-corrected chi connectivity index (χ0v) is 10.1. The number of aromatic nitrogens is 1. The molecule has 0 radical (unpaired) electrons. The zero-order chi connectivity index (χ0) is 13.4. The second kappa shape index (κ2) is 4.47. The SMILES string of the molecule is N#Cc1cc2ccccc2nc1N1CC(C(F)F)C1. The maximum Gasteiger partial charge on any atom is 0.244 e. The van der Waals surface area contributed by atoms with E-state index in [2.05, 4.69) is 11.1 Å². The van der Waals surface area contributed by atoms with Crippen molar-refractivity contribution in [2.45, 2.75) is 6.43 Å². The van der Waals surface area contributed by atoms with Gasteiger partial charge >= 0.3 is 0 Å². The summed E-state index contributed by atoms with van der Waals surface area (Å²) in [4.78, 5) is 6.16. The minimum atomic E-state index is -2.30. The molecule has 1 aromatic heterocycles. The highest BCUT2D eigenvalue weighted by atomic mass is 19.3. The number of benzene rings is 1. The first-order valence-electron chi connectivity index (χ1n) is 6.02. The van der Waals surface area contributed by atoms with Crippen LogP contribution in [0.2, 0.25) is 0 Å². The van der Waals surface area contributed by atoms with Crippen LogP contribution in [-0.4, -0.2) is 24.5 Å². The average Bonchev–Trinajstić information content (AvgIpc) is 2.35. The molecule has 1 aliphatic rings. The van der Waals surface area contributed by atoms with E-state index in [-0.39, 0.29) is 13.1 Å². The Kier molecular flexibility index (Phi) is 2.79. The number of nitrogens with zero attached hydrogens (tertiary/aromatic N) is 3. The Hall–Kier alpha value is -2.22. The van der Waals surface area contributed by atoms with E-state index in [1.54, 1.807) is 11.0 Å². The molecule has 2 heterocycles. The molecule has 0 unspecified atom stereocenters. The summed E-state index contributed by atoms with van der Waals surface area (Å²) < 4.78 is 25.0. The Morgan fingerprint density at radius 2 is 2.05 bits per heavy atom. The van der Waals surface area contributed by atoms with Gasteiger partial charge in [0.1, 0.15) is 11.9 Å². The van der Waals surface area contributed by atoms with E-state index >= 15 is 0 Å². The van der Waals surface area contributed by atoms with Gasteiger partial charge in [0.05, 0.1) is 17.0 Å². The molecule has 0 bridgehead atoms. The molecule has 0 atom stereocenters. The molecule has 0 saturated carbocycles. The van der Waals surface area contributed by atoms with Gasteiger partial charge in [-0.1, -0.05) is 18.2 Å². The van der Waals surface area contributed by atoms with Crippen molar-refractivity contribution in [1.82, 2.24) is 4.98 Å². The molecule has 3 nitrogen and oxygen atoms in total. The van der Waals surface area contributed by atoms with Crippen LogP contribution < -0.4 is 4.90 Å². The summed E-state index contributed by atoms with van der Waals surface area (Å²) in [5.41, 5.74) is 1.21. The number of hydrogen-bond acceptors (Lipinski definition) is 3. The lowest BCUT2D eigenvalue weighted by Crippen LogP contribution is -2.50. The molecule has 3 rings (SSSR count). The fraction of sp³-hybridized carbons (Fsp3) is 0.286. The molecule has 0 N–H and O–H groups in total. The Morgan fingerprint density at radius 1 is 1.32 bits per heavy atom. The van der Waals surface area contributed by atoms with E-state index < -0.39 is 12.3 Å². The lowest BCUT2D eigenvalue weighted by atomic mass is 10.00. The monoisotopic (exact) mass is 259 g/mol. The zero-order valence-electron chi connectivity index (χ0n) is 10.1. The molecule has 1 aliphatic heterocycles. The van der Waals surface area contributed by atoms with Gasteiger partial charge in [-0.15, -0.1) is 0 Å². The number of rotatable bonds is 2. The van der Waals surface area contributed by atoms with Gasteiger partial charge in [-0.05, 0) is 12.1 Å². The summed E-state index contributed by atoms with van der Waals surface area (Å²) in [6, 6.07) is 11.3. The highest BCUT2D eigenvalue weighted by Crippen LogP contribution is 2.31. The molecule has 19 heavy (non-hydrogen) atoms. The lowest BCUT2D eigenvalue weighted by Gasteiger charge is -2.40. The van der Waals surface area contributed by atoms with Gasteiger partial charge in [0.15, 0.2) is 0 Å². The molecular weight excluding hydrogens is 248 g/mol. The van der Waals surface area contributed by atoms with Crippen LogP contribution in [0.1, 0.15) is 5.56 Å². The molecule has 96 valence electrons. The van der Waals surface area contributed by atoms with Crippen molar-refractivity contribution in [3.63, 3.8) is 0 Å². The average molecular weight is 259 g/mol. The normalized spacial score (nSPS) is 15.6. The Morgan fingerprint density at radius 3 is 2.74 bits per heavy atom. The van der Waals surface area contributed by atoms with Gasteiger partial charge in [-0.25, -0.2) is 13.8 Å². The first-order chi connectivity index (χ1) is 9.19. The van der Waals surface area contributed by atoms with Crippen LogP contribution >= 0.6 is 0 Å². The van der Waals surface area contributed by atoms with Crippen LogP contribution in [0.4, 0.5) is 14.6 Å². The third kappa shape index (κ3) is 1.99. The van der Waals surface area contributed by atoms with E-state index in [1.165, 1.54) is 0 Å². The topological polar surface area (TPSA) is 39.9 Å². The van der Waals surface area contributed by atoms with E-state index in [9.17, 15) is 8.78 Å². The Labute approximate surface area is 109 Å². The largest absolute Gasteiger partial charge is 0.354 e. The van der Waals surface area contributed by atoms with Gasteiger partial charge in [0.2, 0.25) is 6.43 Å². The number of nitriles is 1. The quantitative estimate of drug-likeness (QED) is 0.832. The highest BCUT2D eigenvalue weighted by molar-refractivity contribution is 5.83. The molecule has 2 aromatic rings. The smallest absolute Gasteiger partial charge is 0.244 e. The van der Waals surface area contributed by atoms with Crippen LogP contribution in [0.5, 0.6) is 0 Å². The van der Waals surface area contributed by atoms with Crippen LogP contribution in [0, 0.1) is 17.2 Å². The van der Waals surface area contributed by atoms with Crippen molar-refractivity contribution in [3.8, 4) is 6.07 Å². The maximum absolute atomic E-state index is 12.5. The summed E-state index contributed by atoms with van der Waals surface area (Å²) in [6.07, 6.45) is -2.30. The summed E-state index contributed by atoms with van der Waals surface area (Å²) in [6.45, 7) is 0.523. The summed E-state index contributed by atoms with van der Waals surface area (Å²) in [5, 5.41) is 10.0. The van der Waals surface area contributed by atoms with Gasteiger partial charge < -0.3 is 4.90 Å². The summed E-state index contributed by atoms with van der Waals surface area (Å²) in [7, 11) is 0. The molecule has 1 fully saturated rings. The van der Waals surface area contributed by atoms with Crippen molar-refractivity contribution < 1.29 is 8.78 Å². The minimum Gasteiger partial charge on any atom is -0.354 e. The van der Waals surface area contributed by atoms with E-state index in [0.717, 1.165) is 10.9 Å². The standard InChI is InChI=1S/C14H11F2N3/c15-13(16)11-7-19(8-11)14-10(6-17)5-9-3-1-2-4-12(9)18-14/h1-5,11,13H,7-8H2. The van der Waals surface area contributed by atoms with Crippen LogP contribution in [0.3, 0.4) is 0 Å². The number of alkyl halides is 2. The maximum atomic E-state index is 12.5. The van der Waals surface area contributed by atoms with Gasteiger partial charge in [0.25, 0.3) is 0 Å². The van der Waals surface area contributed by atoms with Crippen molar-refractivity contribution in [2.24, 2.45) is 5.92 Å². The molecule has 5 heteroatoms. The fourth-order valence-corrected chi connectivity index (χ4v) is 2.27. The van der Waals surface area contributed by atoms with Crippen LogP contribution in [0.25, 0.3) is 10.9 Å². The number of hydrogen-bond donors (Lipinski definition) is 0. The molecule has 1 aromatic carbocycles. The van der Waals surface area contributed by atoms with E-state index in [0.29, 0.717) is 11.4 Å². The fourth-order valence-electron chi connectivity index (χ4n) is 2.27. The van der Waals surface area contributed by atoms with Crippen LogP contribution in [0.15, 0.2) is 30.3 Å².